The van der Waals surface area contributed by atoms with E-state index in [0.717, 1.165) is 5.56 Å². The minimum Gasteiger partial charge on any atom is -0.395 e. The molecule has 0 saturated heterocycles. The number of sulfone groups is 1. The molecule has 0 aliphatic carbocycles. The maximum atomic E-state index is 11.7. The van der Waals surface area contributed by atoms with Crippen molar-refractivity contribution < 1.29 is 13.5 Å². The van der Waals surface area contributed by atoms with E-state index in [1.165, 1.54) is 0 Å². The Balaban J connectivity index is 2.83. The van der Waals surface area contributed by atoms with Gasteiger partial charge in [0.05, 0.1) is 17.3 Å². The smallest absolute Gasteiger partial charge is 0.178 e. The zero-order valence-corrected chi connectivity index (χ0v) is 11.9. The van der Waals surface area contributed by atoms with Gasteiger partial charge in [-0.05, 0) is 31.5 Å². The average Bonchev–Trinajstić information content (AvgIpc) is 2.38. The van der Waals surface area contributed by atoms with Crippen LogP contribution in [-0.2, 0) is 9.84 Å². The van der Waals surface area contributed by atoms with Crippen molar-refractivity contribution in [2.45, 2.75) is 37.8 Å². The number of aliphatic hydroxyl groups is 1. The molecule has 0 heterocycles. The second-order valence-corrected chi connectivity index (χ2v) is 6.72. The summed E-state index contributed by atoms with van der Waals surface area (Å²) in [7, 11) is -3.13. The van der Waals surface area contributed by atoms with Crippen LogP contribution in [0.5, 0.6) is 0 Å². The van der Waals surface area contributed by atoms with Crippen LogP contribution >= 0.6 is 0 Å². The number of hydrogen-bond donors (Lipinski definition) is 2. The summed E-state index contributed by atoms with van der Waals surface area (Å²) in [5.74, 6) is 0.113. The highest BCUT2D eigenvalue weighted by molar-refractivity contribution is 7.91. The molecule has 102 valence electrons. The first-order chi connectivity index (χ1) is 8.40. The Bertz CT molecular complexity index is 468. The van der Waals surface area contributed by atoms with Crippen LogP contribution in [-0.4, -0.2) is 31.9 Å². The molecule has 1 rings (SSSR count). The van der Waals surface area contributed by atoms with Crippen molar-refractivity contribution in [2.75, 3.05) is 12.4 Å². The van der Waals surface area contributed by atoms with Crippen molar-refractivity contribution in [3.63, 3.8) is 0 Å². The summed E-state index contributed by atoms with van der Waals surface area (Å²) in [6.45, 7) is 5.59. The summed E-state index contributed by atoms with van der Waals surface area (Å²) in [5, 5.41) is 12.2. The number of aliphatic hydroxyl groups excluding tert-OH is 1. The third-order valence-electron chi connectivity index (χ3n) is 2.93. The Morgan fingerprint density at radius 2 is 1.78 bits per heavy atom. The molecule has 0 fully saturated rings. The van der Waals surface area contributed by atoms with E-state index < -0.39 is 9.84 Å². The Morgan fingerprint density at radius 1 is 1.22 bits per heavy atom. The molecule has 1 aromatic rings. The maximum absolute atomic E-state index is 11.7. The van der Waals surface area contributed by atoms with Gasteiger partial charge in [0.2, 0.25) is 0 Å². The van der Waals surface area contributed by atoms with Crippen LogP contribution in [0.25, 0.3) is 0 Å². The SMILES string of the molecule is CCS(=O)(=O)c1ccc(C(C)N[C@H](C)CO)cc1. The fourth-order valence-electron chi connectivity index (χ4n) is 1.71. The fraction of sp³-hybridized carbons (Fsp3) is 0.538. The van der Waals surface area contributed by atoms with Gasteiger partial charge in [-0.3, -0.25) is 0 Å². The lowest BCUT2D eigenvalue weighted by Gasteiger charge is -2.18. The molecule has 0 aliphatic rings. The zero-order chi connectivity index (χ0) is 13.8. The lowest BCUT2D eigenvalue weighted by Crippen LogP contribution is -2.31. The van der Waals surface area contributed by atoms with Crippen LogP contribution in [0.1, 0.15) is 32.4 Å². The fourth-order valence-corrected chi connectivity index (χ4v) is 2.59. The van der Waals surface area contributed by atoms with Crippen molar-refractivity contribution >= 4 is 9.84 Å². The normalized spacial score (nSPS) is 15.3. The maximum Gasteiger partial charge on any atom is 0.178 e. The van der Waals surface area contributed by atoms with Crippen LogP contribution in [0, 0.1) is 0 Å². The first kappa shape index (κ1) is 15.1. The summed E-state index contributed by atoms with van der Waals surface area (Å²) in [6, 6.07) is 6.98. The largest absolute Gasteiger partial charge is 0.395 e. The third-order valence-corrected chi connectivity index (χ3v) is 4.68. The third kappa shape index (κ3) is 3.80. The van der Waals surface area contributed by atoms with Crippen molar-refractivity contribution in [3.05, 3.63) is 29.8 Å². The molecule has 0 radical (unpaired) electrons. The average molecular weight is 271 g/mol. The minimum absolute atomic E-state index is 0.0130. The van der Waals surface area contributed by atoms with Crippen molar-refractivity contribution in [2.24, 2.45) is 0 Å². The van der Waals surface area contributed by atoms with Gasteiger partial charge < -0.3 is 10.4 Å². The molecule has 2 atom stereocenters. The Hall–Kier alpha value is -0.910. The van der Waals surface area contributed by atoms with Crippen molar-refractivity contribution in [3.8, 4) is 0 Å². The molecule has 0 aromatic heterocycles. The molecule has 1 aromatic carbocycles. The van der Waals surface area contributed by atoms with Crippen molar-refractivity contribution in [1.82, 2.24) is 5.32 Å². The van der Waals surface area contributed by atoms with E-state index in [9.17, 15) is 8.42 Å². The quantitative estimate of drug-likeness (QED) is 0.823. The lowest BCUT2D eigenvalue weighted by molar-refractivity contribution is 0.243. The number of rotatable bonds is 6. The van der Waals surface area contributed by atoms with E-state index in [1.807, 2.05) is 26.0 Å². The van der Waals surface area contributed by atoms with Gasteiger partial charge in [0.25, 0.3) is 0 Å². The number of hydrogen-bond acceptors (Lipinski definition) is 4. The molecular formula is C13H21NO3S. The lowest BCUT2D eigenvalue weighted by atomic mass is 10.1. The first-order valence-electron chi connectivity index (χ1n) is 6.10. The van der Waals surface area contributed by atoms with Gasteiger partial charge in [0.15, 0.2) is 9.84 Å². The van der Waals surface area contributed by atoms with Gasteiger partial charge in [0, 0.05) is 12.1 Å². The zero-order valence-electron chi connectivity index (χ0n) is 11.1. The summed E-state index contributed by atoms with van der Waals surface area (Å²) in [4.78, 5) is 0.358. The van der Waals surface area contributed by atoms with E-state index >= 15 is 0 Å². The minimum atomic E-state index is -3.13. The summed E-state index contributed by atoms with van der Waals surface area (Å²) >= 11 is 0. The number of benzene rings is 1. The van der Waals surface area contributed by atoms with E-state index in [0.29, 0.717) is 4.90 Å². The molecule has 0 saturated carbocycles. The van der Waals surface area contributed by atoms with Gasteiger partial charge in [0.1, 0.15) is 0 Å². The molecule has 0 bridgehead atoms. The molecule has 1 unspecified atom stereocenters. The second-order valence-electron chi connectivity index (χ2n) is 4.44. The summed E-state index contributed by atoms with van der Waals surface area (Å²) in [5.41, 5.74) is 1.00. The summed E-state index contributed by atoms with van der Waals surface area (Å²) < 4.78 is 23.3. The second kappa shape index (κ2) is 6.31. The van der Waals surface area contributed by atoms with Crippen LogP contribution < -0.4 is 5.32 Å². The van der Waals surface area contributed by atoms with Gasteiger partial charge in [-0.15, -0.1) is 0 Å². The highest BCUT2D eigenvalue weighted by Crippen LogP contribution is 2.17. The molecule has 4 nitrogen and oxygen atoms in total. The number of nitrogens with one attached hydrogen (secondary N) is 1. The highest BCUT2D eigenvalue weighted by Gasteiger charge is 2.13. The van der Waals surface area contributed by atoms with Crippen LogP contribution in [0.15, 0.2) is 29.2 Å². The Labute approximate surface area is 109 Å². The van der Waals surface area contributed by atoms with E-state index in [2.05, 4.69) is 5.32 Å². The molecule has 18 heavy (non-hydrogen) atoms. The molecule has 2 N–H and O–H groups in total. The standard InChI is InChI=1S/C13H21NO3S/c1-4-18(16,17)13-7-5-12(6-8-13)11(3)14-10(2)9-15/h5-8,10-11,14-15H,4,9H2,1-3H3/t10-,11?/m1/s1. The van der Waals surface area contributed by atoms with Gasteiger partial charge >= 0.3 is 0 Å². The van der Waals surface area contributed by atoms with E-state index in [1.54, 1.807) is 19.1 Å². The Kier molecular flexibility index (Phi) is 5.31. The van der Waals surface area contributed by atoms with Gasteiger partial charge in [-0.2, -0.15) is 0 Å². The highest BCUT2D eigenvalue weighted by atomic mass is 32.2. The monoisotopic (exact) mass is 271 g/mol. The van der Waals surface area contributed by atoms with Crippen LogP contribution in [0.2, 0.25) is 0 Å². The molecule has 5 heteroatoms. The Morgan fingerprint density at radius 3 is 2.22 bits per heavy atom. The first-order valence-corrected chi connectivity index (χ1v) is 7.75. The molecule has 0 spiro atoms. The van der Waals surface area contributed by atoms with Crippen LogP contribution in [0.3, 0.4) is 0 Å². The topological polar surface area (TPSA) is 66.4 Å². The predicted molar refractivity (Wildman–Crippen MR) is 72.3 cm³/mol. The summed E-state index contributed by atoms with van der Waals surface area (Å²) in [6.07, 6.45) is 0. The van der Waals surface area contributed by atoms with Gasteiger partial charge in [-0.1, -0.05) is 19.1 Å². The van der Waals surface area contributed by atoms with Crippen LogP contribution in [0.4, 0.5) is 0 Å². The van der Waals surface area contributed by atoms with E-state index in [-0.39, 0.29) is 24.4 Å². The molecule has 0 amide bonds. The van der Waals surface area contributed by atoms with E-state index in [4.69, 9.17) is 5.11 Å². The van der Waals surface area contributed by atoms with Crippen molar-refractivity contribution in [1.29, 1.82) is 0 Å². The molecular weight excluding hydrogens is 250 g/mol. The predicted octanol–water partition coefficient (Wildman–Crippen LogP) is 1.51. The molecule has 0 aliphatic heterocycles. The van der Waals surface area contributed by atoms with Gasteiger partial charge in [-0.25, -0.2) is 8.42 Å².